The van der Waals surface area contributed by atoms with Crippen LogP contribution in [-0.2, 0) is 10.8 Å². The van der Waals surface area contributed by atoms with Gasteiger partial charge in [-0.2, -0.15) is 4.37 Å². The van der Waals surface area contributed by atoms with E-state index in [0.717, 1.165) is 35.3 Å². The van der Waals surface area contributed by atoms with Gasteiger partial charge in [-0.1, -0.05) is 0 Å². The molecule has 1 fully saturated rings. The molecule has 6 heteroatoms. The van der Waals surface area contributed by atoms with Gasteiger partial charge in [0.2, 0.25) is 5.13 Å². The topological polar surface area (TPSA) is 54.9 Å². The van der Waals surface area contributed by atoms with Crippen LogP contribution in [0.15, 0.2) is 0 Å². The Balaban J connectivity index is 1.89. The van der Waals surface area contributed by atoms with Crippen molar-refractivity contribution in [2.75, 3.05) is 16.8 Å². The van der Waals surface area contributed by atoms with Crippen LogP contribution in [0.5, 0.6) is 0 Å². The second-order valence-electron chi connectivity index (χ2n) is 3.41. The first kappa shape index (κ1) is 10.0. The van der Waals surface area contributed by atoms with Crippen molar-refractivity contribution in [3.8, 4) is 0 Å². The van der Waals surface area contributed by atoms with E-state index in [4.69, 9.17) is 0 Å². The number of anilines is 1. The number of hydrogen-bond donors (Lipinski definition) is 1. The van der Waals surface area contributed by atoms with Crippen LogP contribution in [0.4, 0.5) is 5.13 Å². The Hall–Kier alpha value is -0.490. The Morgan fingerprint density at radius 1 is 1.50 bits per heavy atom. The van der Waals surface area contributed by atoms with Gasteiger partial charge in [0.15, 0.2) is 0 Å². The molecule has 2 rings (SSSR count). The Kier molecular flexibility index (Phi) is 3.12. The van der Waals surface area contributed by atoms with E-state index < -0.39 is 10.8 Å². The largest absolute Gasteiger partial charge is 0.357 e. The third-order valence-electron chi connectivity index (χ3n) is 2.24. The SMILES string of the molecule is Cc1nsc(NC2CCS(=O)CC2)n1. The number of hydrogen-bond acceptors (Lipinski definition) is 5. The molecular formula is C8H13N3OS2. The summed E-state index contributed by atoms with van der Waals surface area (Å²) in [5.74, 6) is 2.45. The lowest BCUT2D eigenvalue weighted by atomic mass is 10.2. The molecule has 0 unspecified atom stereocenters. The number of rotatable bonds is 2. The van der Waals surface area contributed by atoms with Crippen LogP contribution in [-0.4, -0.2) is 31.1 Å². The molecule has 2 heterocycles. The maximum Gasteiger partial charge on any atom is 0.202 e. The smallest absolute Gasteiger partial charge is 0.202 e. The highest BCUT2D eigenvalue weighted by molar-refractivity contribution is 7.85. The molecule has 1 aromatic rings. The van der Waals surface area contributed by atoms with Crippen molar-refractivity contribution >= 4 is 27.5 Å². The quantitative estimate of drug-likeness (QED) is 0.830. The van der Waals surface area contributed by atoms with E-state index in [1.54, 1.807) is 0 Å². The Labute approximate surface area is 89.8 Å². The fourth-order valence-electron chi connectivity index (χ4n) is 1.47. The van der Waals surface area contributed by atoms with E-state index >= 15 is 0 Å². The van der Waals surface area contributed by atoms with E-state index in [0.29, 0.717) is 6.04 Å². The second-order valence-corrected chi connectivity index (χ2v) is 5.86. The molecule has 0 amide bonds. The summed E-state index contributed by atoms with van der Waals surface area (Å²) in [6.07, 6.45) is 1.95. The van der Waals surface area contributed by atoms with Crippen molar-refractivity contribution in [1.82, 2.24) is 9.36 Å². The molecule has 78 valence electrons. The van der Waals surface area contributed by atoms with Gasteiger partial charge >= 0.3 is 0 Å². The normalized spacial score (nSPS) is 27.5. The van der Waals surface area contributed by atoms with E-state index in [2.05, 4.69) is 14.7 Å². The van der Waals surface area contributed by atoms with E-state index in [1.807, 2.05) is 6.92 Å². The van der Waals surface area contributed by atoms with Gasteiger partial charge in [0, 0.05) is 39.9 Å². The zero-order chi connectivity index (χ0) is 9.97. The van der Waals surface area contributed by atoms with Gasteiger partial charge in [0.25, 0.3) is 0 Å². The van der Waals surface area contributed by atoms with Gasteiger partial charge in [-0.05, 0) is 19.8 Å². The average molecular weight is 231 g/mol. The van der Waals surface area contributed by atoms with Crippen LogP contribution in [0.25, 0.3) is 0 Å². The summed E-state index contributed by atoms with van der Waals surface area (Å²) < 4.78 is 15.2. The van der Waals surface area contributed by atoms with Crippen molar-refractivity contribution < 1.29 is 4.21 Å². The highest BCUT2D eigenvalue weighted by Crippen LogP contribution is 2.17. The fraction of sp³-hybridized carbons (Fsp3) is 0.750. The van der Waals surface area contributed by atoms with Crippen molar-refractivity contribution in [2.45, 2.75) is 25.8 Å². The molecule has 4 nitrogen and oxygen atoms in total. The fourth-order valence-corrected chi connectivity index (χ4v) is 3.42. The molecule has 0 aliphatic carbocycles. The number of aryl methyl sites for hydroxylation is 1. The Bertz CT molecular complexity index is 329. The van der Waals surface area contributed by atoms with Gasteiger partial charge in [0.1, 0.15) is 5.82 Å². The standard InChI is InChI=1S/C8H13N3OS2/c1-6-9-8(13-11-6)10-7-2-4-14(12)5-3-7/h7H,2-5H2,1H3,(H,9,10,11). The third-order valence-corrected chi connectivity index (χ3v) is 4.36. The number of nitrogens with zero attached hydrogens (tertiary/aromatic N) is 2. The number of aromatic nitrogens is 2. The number of nitrogens with one attached hydrogen (secondary N) is 1. The molecular weight excluding hydrogens is 218 g/mol. The van der Waals surface area contributed by atoms with Crippen molar-refractivity contribution in [2.24, 2.45) is 0 Å². The first-order chi connectivity index (χ1) is 6.74. The van der Waals surface area contributed by atoms with Gasteiger partial charge in [-0.25, -0.2) is 4.98 Å². The van der Waals surface area contributed by atoms with Crippen molar-refractivity contribution in [3.05, 3.63) is 5.82 Å². The predicted molar refractivity (Wildman–Crippen MR) is 59.2 cm³/mol. The Morgan fingerprint density at radius 2 is 2.21 bits per heavy atom. The lowest BCUT2D eigenvalue weighted by molar-refractivity contribution is 0.623. The zero-order valence-electron chi connectivity index (χ0n) is 8.02. The molecule has 1 aliphatic rings. The highest BCUT2D eigenvalue weighted by Gasteiger charge is 2.18. The van der Waals surface area contributed by atoms with Gasteiger partial charge < -0.3 is 5.32 Å². The van der Waals surface area contributed by atoms with E-state index in [-0.39, 0.29) is 0 Å². The minimum atomic E-state index is -0.586. The first-order valence-corrected chi connectivity index (χ1v) is 6.92. The molecule has 1 aliphatic heterocycles. The molecule has 0 atom stereocenters. The summed E-state index contributed by atoms with van der Waals surface area (Å²) in [6.45, 7) is 1.89. The van der Waals surface area contributed by atoms with Crippen LogP contribution in [0.1, 0.15) is 18.7 Å². The molecule has 0 aromatic carbocycles. The van der Waals surface area contributed by atoms with Gasteiger partial charge in [0.05, 0.1) is 0 Å². The highest BCUT2D eigenvalue weighted by atomic mass is 32.2. The molecule has 1 N–H and O–H groups in total. The molecule has 0 bridgehead atoms. The van der Waals surface area contributed by atoms with Crippen molar-refractivity contribution in [1.29, 1.82) is 0 Å². The van der Waals surface area contributed by atoms with Gasteiger partial charge in [-0.15, -0.1) is 0 Å². The van der Waals surface area contributed by atoms with Crippen LogP contribution < -0.4 is 5.32 Å². The Morgan fingerprint density at radius 3 is 2.79 bits per heavy atom. The summed E-state index contributed by atoms with van der Waals surface area (Å²) in [5.41, 5.74) is 0. The van der Waals surface area contributed by atoms with Crippen LogP contribution in [0, 0.1) is 6.92 Å². The maximum absolute atomic E-state index is 11.1. The molecule has 1 saturated heterocycles. The van der Waals surface area contributed by atoms with E-state index in [9.17, 15) is 4.21 Å². The monoisotopic (exact) mass is 231 g/mol. The first-order valence-electron chi connectivity index (χ1n) is 4.66. The molecule has 0 spiro atoms. The predicted octanol–water partition coefficient (Wildman–Crippen LogP) is 1.17. The van der Waals surface area contributed by atoms with Crippen LogP contribution >= 0.6 is 11.5 Å². The minimum absolute atomic E-state index is 0.431. The maximum atomic E-state index is 11.1. The lowest BCUT2D eigenvalue weighted by Gasteiger charge is -2.21. The van der Waals surface area contributed by atoms with Gasteiger partial charge in [-0.3, -0.25) is 4.21 Å². The zero-order valence-corrected chi connectivity index (χ0v) is 9.66. The molecule has 1 aromatic heterocycles. The minimum Gasteiger partial charge on any atom is -0.357 e. The summed E-state index contributed by atoms with van der Waals surface area (Å²) in [6, 6.07) is 0.431. The average Bonchev–Trinajstić information content (AvgIpc) is 2.56. The third kappa shape index (κ3) is 2.51. The summed E-state index contributed by atoms with van der Waals surface area (Å²) in [4.78, 5) is 4.24. The summed E-state index contributed by atoms with van der Waals surface area (Å²) in [5, 5.41) is 4.22. The van der Waals surface area contributed by atoms with E-state index in [1.165, 1.54) is 11.5 Å². The second kappa shape index (κ2) is 4.35. The lowest BCUT2D eigenvalue weighted by Crippen LogP contribution is -2.29. The van der Waals surface area contributed by atoms with Crippen LogP contribution in [0.3, 0.4) is 0 Å². The molecule has 0 saturated carbocycles. The molecule has 0 radical (unpaired) electrons. The summed E-state index contributed by atoms with van der Waals surface area (Å²) in [7, 11) is -0.586. The summed E-state index contributed by atoms with van der Waals surface area (Å²) >= 11 is 1.40. The molecule has 14 heavy (non-hydrogen) atoms. The van der Waals surface area contributed by atoms with Crippen LogP contribution in [0.2, 0.25) is 0 Å². The van der Waals surface area contributed by atoms with Crippen molar-refractivity contribution in [3.63, 3.8) is 0 Å².